The van der Waals surface area contributed by atoms with Crippen molar-refractivity contribution in [2.75, 3.05) is 0 Å². The van der Waals surface area contributed by atoms with Crippen LogP contribution in [0.5, 0.6) is 0 Å². The number of fused-ring (bicyclic) bond motifs is 3. The Morgan fingerprint density at radius 3 is 1.93 bits per heavy atom. The molecule has 1 aliphatic rings. The van der Waals surface area contributed by atoms with E-state index in [2.05, 4.69) is 0 Å². The molecule has 0 spiro atoms. The fraction of sp³-hybridized carbons (Fsp3) is 0.143. The summed E-state index contributed by atoms with van der Waals surface area (Å²) in [4.78, 5) is 0. The molecule has 0 heterocycles. The van der Waals surface area contributed by atoms with Crippen LogP contribution in [0, 0.1) is 0 Å². The van der Waals surface area contributed by atoms with Crippen molar-refractivity contribution in [3.8, 4) is 11.1 Å². The van der Waals surface area contributed by atoms with E-state index in [0.717, 1.165) is 11.1 Å². The van der Waals surface area contributed by atoms with Gasteiger partial charge in [0.1, 0.15) is 0 Å². The fourth-order valence-electron chi connectivity index (χ4n) is 2.02. The first-order valence-corrected chi connectivity index (χ1v) is 4.65. The summed E-state index contributed by atoms with van der Waals surface area (Å²) in [5.41, 5.74) is 2.87. The van der Waals surface area contributed by atoms with Crippen molar-refractivity contribution in [3.05, 3.63) is 59.7 Å². The van der Waals surface area contributed by atoms with Crippen LogP contribution < -0.4 is 0 Å². The van der Waals surface area contributed by atoms with Gasteiger partial charge in [0.25, 0.3) is 0 Å². The Bertz CT molecular complexity index is 568. The molecule has 0 fully saturated rings. The minimum atomic E-state index is -2.38. The lowest BCUT2D eigenvalue weighted by atomic mass is 10.00. The molecule has 2 aromatic carbocycles. The topological polar surface area (TPSA) is 0 Å². The molecule has 0 saturated carbocycles. The molecule has 1 aliphatic carbocycles. The van der Waals surface area contributed by atoms with E-state index < -0.39 is 12.7 Å². The van der Waals surface area contributed by atoms with Crippen LogP contribution in [0.1, 0.15) is 29.4 Å². The zero-order valence-electron chi connectivity index (χ0n) is 11.6. The average Bonchev–Trinajstić information content (AvgIpc) is 2.62. The lowest BCUT2D eigenvalue weighted by Crippen LogP contribution is -1.87. The quantitative estimate of drug-likeness (QED) is 0.584. The molecular weight excluding hydrogens is 168 g/mol. The Hall–Kier alpha value is -1.56. The number of hydrogen-bond donors (Lipinski definition) is 0. The molecule has 2 aromatic rings. The second-order valence-corrected chi connectivity index (χ2v) is 3.47. The van der Waals surface area contributed by atoms with Crippen LogP contribution >= 0.6 is 0 Å². The summed E-state index contributed by atoms with van der Waals surface area (Å²) in [5, 5.41) is 0. The van der Waals surface area contributed by atoms with Gasteiger partial charge in [0.05, 0.1) is 0 Å². The van der Waals surface area contributed by atoms with E-state index in [-0.39, 0.29) is 0 Å². The number of rotatable bonds is 0. The van der Waals surface area contributed by atoms with Gasteiger partial charge in [-0.25, -0.2) is 0 Å². The largest absolute Gasteiger partial charge is 0.0619 e. The molecule has 0 amide bonds. The van der Waals surface area contributed by atoms with E-state index in [1.165, 1.54) is 0 Å². The second kappa shape index (κ2) is 2.71. The summed E-state index contributed by atoms with van der Waals surface area (Å²) >= 11 is 0. The standard InChI is InChI=1S/C14H12/c1-10-11-6-2-4-8-13(11)14-9-5-3-7-12(10)14/h2-10H,1H3/i1D3,10D. The third kappa shape index (κ3) is 0.884. The Kier molecular flexibility index (Phi) is 0.928. The minimum absolute atomic E-state index is 0.575. The van der Waals surface area contributed by atoms with Crippen LogP contribution in [-0.2, 0) is 0 Å². The average molecular weight is 184 g/mol. The smallest absolute Gasteiger partial charge is 0.0400 e. The zero-order valence-corrected chi connectivity index (χ0v) is 7.62. The maximum absolute atomic E-state index is 8.53. The molecule has 0 aliphatic heterocycles. The molecule has 0 aromatic heterocycles. The van der Waals surface area contributed by atoms with Crippen LogP contribution in [0.15, 0.2) is 48.5 Å². The highest BCUT2D eigenvalue weighted by Crippen LogP contribution is 2.43. The molecule has 0 radical (unpaired) electrons. The van der Waals surface area contributed by atoms with Crippen molar-refractivity contribution >= 4 is 0 Å². The molecule has 3 rings (SSSR count). The lowest BCUT2D eigenvalue weighted by Gasteiger charge is -2.04. The van der Waals surface area contributed by atoms with Gasteiger partial charge in [0.15, 0.2) is 0 Å². The third-order valence-electron chi connectivity index (χ3n) is 2.68. The molecule has 0 bridgehead atoms. The predicted octanol–water partition coefficient (Wildman–Crippen LogP) is 3.82. The maximum atomic E-state index is 8.53. The molecule has 0 atom stereocenters. The van der Waals surface area contributed by atoms with Crippen LogP contribution in [0.4, 0.5) is 0 Å². The third-order valence-corrected chi connectivity index (χ3v) is 2.68. The Balaban J connectivity index is 2.41. The van der Waals surface area contributed by atoms with Crippen LogP contribution in [-0.4, -0.2) is 0 Å². The first-order valence-electron chi connectivity index (χ1n) is 6.65. The lowest BCUT2D eigenvalue weighted by molar-refractivity contribution is 0.957. The summed E-state index contributed by atoms with van der Waals surface area (Å²) in [5.74, 6) is -1.65. The van der Waals surface area contributed by atoms with E-state index in [9.17, 15) is 0 Å². The van der Waals surface area contributed by atoms with E-state index in [1.807, 2.05) is 24.3 Å². The van der Waals surface area contributed by atoms with Gasteiger partial charge in [-0.1, -0.05) is 55.4 Å². The highest BCUT2D eigenvalue weighted by atomic mass is 14.3. The normalized spacial score (nSPS) is 21.1. The van der Waals surface area contributed by atoms with Crippen molar-refractivity contribution in [1.82, 2.24) is 0 Å². The highest BCUT2D eigenvalue weighted by molar-refractivity contribution is 5.78. The van der Waals surface area contributed by atoms with Crippen molar-refractivity contribution in [2.45, 2.75) is 12.7 Å². The summed E-state index contributed by atoms with van der Waals surface area (Å²) in [7, 11) is 0. The molecule has 14 heavy (non-hydrogen) atoms. The van der Waals surface area contributed by atoms with E-state index in [0.29, 0.717) is 11.1 Å². The summed E-state index contributed by atoms with van der Waals surface area (Å²) in [6.45, 7) is -2.38. The monoisotopic (exact) mass is 184 g/mol. The molecule has 0 unspecified atom stereocenters. The van der Waals surface area contributed by atoms with Gasteiger partial charge >= 0.3 is 0 Å². The van der Waals surface area contributed by atoms with E-state index in [4.69, 9.17) is 5.48 Å². The molecule has 0 saturated heterocycles. The fourth-order valence-corrected chi connectivity index (χ4v) is 2.02. The Labute approximate surface area is 89.8 Å². The van der Waals surface area contributed by atoms with Crippen molar-refractivity contribution in [3.63, 3.8) is 0 Å². The van der Waals surface area contributed by atoms with Gasteiger partial charge in [-0.05, 0) is 22.3 Å². The first-order chi connectivity index (χ1) is 8.46. The molecule has 0 nitrogen and oxygen atoms in total. The van der Waals surface area contributed by atoms with Crippen LogP contribution in [0.2, 0.25) is 0 Å². The Morgan fingerprint density at radius 2 is 1.43 bits per heavy atom. The summed E-state index contributed by atoms with van der Waals surface area (Å²) in [6.07, 6.45) is 0. The van der Waals surface area contributed by atoms with E-state index >= 15 is 0 Å². The van der Waals surface area contributed by atoms with Gasteiger partial charge in [-0.3, -0.25) is 0 Å². The zero-order chi connectivity index (χ0) is 13.0. The molecule has 0 N–H and O–H groups in total. The summed E-state index contributed by atoms with van der Waals surface area (Å²) in [6, 6.07) is 14.6. The number of hydrogen-bond acceptors (Lipinski definition) is 0. The van der Waals surface area contributed by atoms with Gasteiger partial charge in [-0.2, -0.15) is 0 Å². The number of benzene rings is 2. The minimum Gasteiger partial charge on any atom is -0.0619 e. The van der Waals surface area contributed by atoms with Gasteiger partial charge in [0, 0.05) is 11.4 Å². The Morgan fingerprint density at radius 1 is 0.929 bits per heavy atom. The van der Waals surface area contributed by atoms with Crippen molar-refractivity contribution in [1.29, 1.82) is 0 Å². The van der Waals surface area contributed by atoms with Crippen LogP contribution in [0.25, 0.3) is 11.1 Å². The van der Waals surface area contributed by atoms with Gasteiger partial charge in [0.2, 0.25) is 0 Å². The van der Waals surface area contributed by atoms with Gasteiger partial charge < -0.3 is 0 Å². The first kappa shape index (κ1) is 4.79. The molecule has 0 heteroatoms. The predicted molar refractivity (Wildman–Crippen MR) is 59.4 cm³/mol. The highest BCUT2D eigenvalue weighted by Gasteiger charge is 2.23. The summed E-state index contributed by atoms with van der Waals surface area (Å²) < 4.78 is 31.7. The SMILES string of the molecule is [2H]C([2H])([2H])C1([2H])c2ccccc2-c2ccccc21. The second-order valence-electron chi connectivity index (χ2n) is 3.47. The van der Waals surface area contributed by atoms with Gasteiger partial charge in [-0.15, -0.1) is 0 Å². The maximum Gasteiger partial charge on any atom is 0.0400 e. The van der Waals surface area contributed by atoms with Crippen molar-refractivity contribution in [2.24, 2.45) is 0 Å². The molecule has 68 valence electrons. The van der Waals surface area contributed by atoms with Crippen LogP contribution in [0.3, 0.4) is 0 Å². The van der Waals surface area contributed by atoms with Crippen molar-refractivity contribution < 1.29 is 5.48 Å². The molecular formula is C14H12. The van der Waals surface area contributed by atoms with E-state index in [1.54, 1.807) is 24.3 Å².